The second kappa shape index (κ2) is 8.05. The van der Waals surface area contributed by atoms with Crippen LogP contribution in [0.1, 0.15) is 34.3 Å². The van der Waals surface area contributed by atoms with Gasteiger partial charge in [-0.15, -0.1) is 0 Å². The third-order valence-electron chi connectivity index (χ3n) is 5.30. The largest absolute Gasteiger partial charge is 0.285 e. The fourth-order valence-corrected chi connectivity index (χ4v) is 4.75. The van der Waals surface area contributed by atoms with Gasteiger partial charge in [0.1, 0.15) is 5.82 Å². The Balaban J connectivity index is 1.57. The molecular formula is C24H20FN3OS. The monoisotopic (exact) mass is 417 g/mol. The maximum absolute atomic E-state index is 13.5. The maximum Gasteiger partial charge on any atom is 0.265 e. The van der Waals surface area contributed by atoms with Crippen molar-refractivity contribution in [2.75, 3.05) is 13.1 Å². The average molecular weight is 418 g/mol. The van der Waals surface area contributed by atoms with E-state index in [9.17, 15) is 9.18 Å². The van der Waals surface area contributed by atoms with Crippen molar-refractivity contribution in [2.45, 2.75) is 22.6 Å². The van der Waals surface area contributed by atoms with Crippen molar-refractivity contribution in [3.63, 3.8) is 0 Å². The Hall–Kier alpha value is -2.96. The number of rotatable bonds is 3. The van der Waals surface area contributed by atoms with E-state index in [1.807, 2.05) is 41.4 Å². The molecule has 2 aliphatic rings. The second-order valence-corrected chi connectivity index (χ2v) is 8.47. The summed E-state index contributed by atoms with van der Waals surface area (Å²) in [6.07, 6.45) is 2.20. The van der Waals surface area contributed by atoms with Gasteiger partial charge < -0.3 is 0 Å². The van der Waals surface area contributed by atoms with Gasteiger partial charge in [0, 0.05) is 39.6 Å². The molecule has 1 fully saturated rings. The summed E-state index contributed by atoms with van der Waals surface area (Å²) in [6, 6.07) is 20.1. The van der Waals surface area contributed by atoms with Crippen LogP contribution in [0, 0.1) is 5.82 Å². The SMILES string of the molecule is O=C(NN1CCCC1)c1ccc2c(c1)N=C(c1ccc(F)cc1)c1ccccc1S2. The van der Waals surface area contributed by atoms with Gasteiger partial charge >= 0.3 is 0 Å². The minimum Gasteiger partial charge on any atom is -0.285 e. The smallest absolute Gasteiger partial charge is 0.265 e. The predicted octanol–water partition coefficient (Wildman–Crippen LogP) is 5.20. The number of halogens is 1. The lowest BCUT2D eigenvalue weighted by atomic mass is 10.0. The van der Waals surface area contributed by atoms with Crippen molar-refractivity contribution >= 4 is 29.1 Å². The lowest BCUT2D eigenvalue weighted by Crippen LogP contribution is -2.39. The Morgan fingerprint density at radius 2 is 1.73 bits per heavy atom. The number of nitrogens with zero attached hydrogens (tertiary/aromatic N) is 2. The van der Waals surface area contributed by atoms with Crippen molar-refractivity contribution in [3.8, 4) is 0 Å². The molecule has 6 heteroatoms. The second-order valence-electron chi connectivity index (χ2n) is 7.38. The van der Waals surface area contributed by atoms with E-state index >= 15 is 0 Å². The molecule has 1 saturated heterocycles. The summed E-state index contributed by atoms with van der Waals surface area (Å²) in [5.41, 5.74) is 6.90. The number of amides is 1. The van der Waals surface area contributed by atoms with E-state index in [0.29, 0.717) is 5.56 Å². The van der Waals surface area contributed by atoms with Crippen LogP contribution in [0.3, 0.4) is 0 Å². The summed E-state index contributed by atoms with van der Waals surface area (Å²) in [5.74, 6) is -0.401. The first kappa shape index (κ1) is 19.0. The minimum atomic E-state index is -0.281. The quantitative estimate of drug-likeness (QED) is 0.498. The summed E-state index contributed by atoms with van der Waals surface area (Å²) in [6.45, 7) is 1.77. The normalized spacial score (nSPS) is 15.7. The molecule has 5 rings (SSSR count). The van der Waals surface area contributed by atoms with Gasteiger partial charge in [0.15, 0.2) is 0 Å². The van der Waals surface area contributed by atoms with Crippen molar-refractivity contribution in [1.29, 1.82) is 0 Å². The first-order chi connectivity index (χ1) is 14.7. The molecule has 0 aliphatic carbocycles. The van der Waals surface area contributed by atoms with E-state index in [1.54, 1.807) is 23.9 Å². The van der Waals surface area contributed by atoms with Crippen LogP contribution in [-0.2, 0) is 0 Å². The Labute approximate surface area is 178 Å². The Kier molecular flexibility index (Phi) is 5.11. The molecule has 1 amide bonds. The van der Waals surface area contributed by atoms with Crippen LogP contribution in [0.2, 0.25) is 0 Å². The standard InChI is InChI=1S/C24H20FN3OS/c25-18-10-7-16(8-11-18)23-19-5-1-2-6-21(19)30-22-12-9-17(15-20(22)26-23)24(29)27-28-13-3-4-14-28/h1-2,5-12,15H,3-4,13-14H2,(H,27,29). The highest BCUT2D eigenvalue weighted by Gasteiger charge is 2.21. The first-order valence-electron chi connectivity index (χ1n) is 9.99. The number of hydrazine groups is 1. The predicted molar refractivity (Wildman–Crippen MR) is 117 cm³/mol. The molecule has 4 nitrogen and oxygen atoms in total. The average Bonchev–Trinajstić information content (AvgIpc) is 3.21. The van der Waals surface area contributed by atoms with Gasteiger partial charge in [-0.05, 0) is 61.4 Å². The molecule has 2 heterocycles. The van der Waals surface area contributed by atoms with E-state index in [-0.39, 0.29) is 11.7 Å². The van der Waals surface area contributed by atoms with Gasteiger partial charge in [0.05, 0.1) is 11.4 Å². The number of carbonyl (C=O) groups is 1. The number of benzene rings is 3. The summed E-state index contributed by atoms with van der Waals surface area (Å²) < 4.78 is 13.5. The molecule has 0 atom stereocenters. The zero-order valence-corrected chi connectivity index (χ0v) is 17.1. The van der Waals surface area contributed by atoms with E-state index in [0.717, 1.165) is 58.2 Å². The number of hydrogen-bond donors (Lipinski definition) is 1. The topological polar surface area (TPSA) is 44.7 Å². The van der Waals surface area contributed by atoms with Gasteiger partial charge in [-0.2, -0.15) is 0 Å². The number of aliphatic imine (C=N–C) groups is 1. The third-order valence-corrected chi connectivity index (χ3v) is 6.44. The van der Waals surface area contributed by atoms with E-state index in [2.05, 4.69) is 11.5 Å². The molecule has 0 spiro atoms. The number of hydrogen-bond acceptors (Lipinski definition) is 4. The van der Waals surface area contributed by atoms with Gasteiger partial charge in [-0.25, -0.2) is 14.4 Å². The Morgan fingerprint density at radius 1 is 0.967 bits per heavy atom. The third kappa shape index (κ3) is 3.76. The Bertz CT molecular complexity index is 1140. The van der Waals surface area contributed by atoms with E-state index in [4.69, 9.17) is 4.99 Å². The van der Waals surface area contributed by atoms with Crippen molar-refractivity contribution in [3.05, 3.63) is 89.2 Å². The van der Waals surface area contributed by atoms with Crippen molar-refractivity contribution < 1.29 is 9.18 Å². The summed E-state index contributed by atoms with van der Waals surface area (Å²) in [7, 11) is 0. The van der Waals surface area contributed by atoms with Crippen LogP contribution in [0.25, 0.3) is 0 Å². The lowest BCUT2D eigenvalue weighted by molar-refractivity contribution is 0.0826. The molecule has 3 aromatic carbocycles. The maximum atomic E-state index is 13.5. The van der Waals surface area contributed by atoms with Gasteiger partial charge in [0.2, 0.25) is 0 Å². The molecule has 1 N–H and O–H groups in total. The van der Waals surface area contributed by atoms with Crippen LogP contribution in [-0.4, -0.2) is 29.7 Å². The molecular weight excluding hydrogens is 397 g/mol. The van der Waals surface area contributed by atoms with Crippen molar-refractivity contribution in [1.82, 2.24) is 10.4 Å². The zero-order chi connectivity index (χ0) is 20.5. The highest BCUT2D eigenvalue weighted by molar-refractivity contribution is 7.99. The first-order valence-corrected chi connectivity index (χ1v) is 10.8. The molecule has 0 radical (unpaired) electrons. The van der Waals surface area contributed by atoms with Gasteiger partial charge in [-0.1, -0.05) is 30.0 Å². The minimum absolute atomic E-state index is 0.120. The molecule has 0 aromatic heterocycles. The number of carbonyl (C=O) groups excluding carboxylic acids is 1. The van der Waals surface area contributed by atoms with Crippen LogP contribution >= 0.6 is 11.8 Å². The molecule has 30 heavy (non-hydrogen) atoms. The van der Waals surface area contributed by atoms with Gasteiger partial charge in [0.25, 0.3) is 5.91 Å². The van der Waals surface area contributed by atoms with Crippen molar-refractivity contribution in [2.24, 2.45) is 4.99 Å². The number of fused-ring (bicyclic) bond motifs is 2. The molecule has 0 unspecified atom stereocenters. The van der Waals surface area contributed by atoms with Crippen LogP contribution in [0.5, 0.6) is 0 Å². The van der Waals surface area contributed by atoms with Gasteiger partial charge in [-0.3, -0.25) is 10.2 Å². The summed E-state index contributed by atoms with van der Waals surface area (Å²) >= 11 is 1.63. The van der Waals surface area contributed by atoms with Crippen LogP contribution < -0.4 is 5.43 Å². The van der Waals surface area contributed by atoms with E-state index < -0.39 is 0 Å². The lowest BCUT2D eigenvalue weighted by Gasteiger charge is -2.16. The molecule has 2 aliphatic heterocycles. The van der Waals surface area contributed by atoms with E-state index in [1.165, 1.54) is 12.1 Å². The highest BCUT2D eigenvalue weighted by Crippen LogP contribution is 2.41. The molecule has 3 aromatic rings. The summed E-state index contributed by atoms with van der Waals surface area (Å²) in [5, 5.41) is 1.96. The highest BCUT2D eigenvalue weighted by atomic mass is 32.2. The fourth-order valence-electron chi connectivity index (χ4n) is 3.75. The fraction of sp³-hybridized carbons (Fsp3) is 0.167. The zero-order valence-electron chi connectivity index (χ0n) is 16.3. The van der Waals surface area contributed by atoms with Crippen LogP contribution in [0.4, 0.5) is 10.1 Å². The Morgan fingerprint density at radius 3 is 2.53 bits per heavy atom. The molecule has 0 bridgehead atoms. The summed E-state index contributed by atoms with van der Waals surface area (Å²) in [4.78, 5) is 19.7. The van der Waals surface area contributed by atoms with Crippen LogP contribution in [0.15, 0.2) is 81.5 Å². The molecule has 150 valence electrons. The molecule has 0 saturated carbocycles. The number of nitrogens with one attached hydrogen (secondary N) is 1.